The molecular weight excluding hydrogens is 735 g/mol. The molecule has 1 aromatic carbocycles. The van der Waals surface area contributed by atoms with Crippen molar-refractivity contribution < 1.29 is 24.0 Å². The van der Waals surface area contributed by atoms with Crippen LogP contribution in [0.25, 0.3) is 11.0 Å². The van der Waals surface area contributed by atoms with Crippen LogP contribution in [0.4, 0.5) is 17.5 Å². The van der Waals surface area contributed by atoms with Crippen LogP contribution in [0.5, 0.6) is 0 Å². The molecule has 2 N–H and O–H groups in total. The highest BCUT2D eigenvalue weighted by Crippen LogP contribution is 2.35. The Morgan fingerprint density at radius 2 is 1.73 bits per heavy atom. The summed E-state index contributed by atoms with van der Waals surface area (Å²) in [5.41, 5.74) is 2.71. The van der Waals surface area contributed by atoms with Crippen LogP contribution < -0.4 is 21.1 Å². The van der Waals surface area contributed by atoms with Gasteiger partial charge in [-0.15, -0.1) is 11.8 Å². The second kappa shape index (κ2) is 15.6. The quantitative estimate of drug-likeness (QED) is 0.0956. The van der Waals surface area contributed by atoms with Gasteiger partial charge in [-0.3, -0.25) is 48.5 Å². The molecule has 4 amide bonds. The number of ketones is 1. The number of amides is 4. The van der Waals surface area contributed by atoms with Gasteiger partial charge in [0.15, 0.2) is 5.78 Å². The van der Waals surface area contributed by atoms with Gasteiger partial charge < -0.3 is 10.2 Å². The maximum absolute atomic E-state index is 13.6. The molecule has 0 radical (unpaired) electrons. The van der Waals surface area contributed by atoms with Gasteiger partial charge in [0.25, 0.3) is 17.4 Å². The molecule has 3 aromatic heterocycles. The molecular formula is C40H43N9O6S. The number of aryl methyl sites for hydroxylation is 1. The number of anilines is 3. The first kappa shape index (κ1) is 37.4. The molecule has 1 saturated carbocycles. The standard InChI is InChI=1S/C40H43N9O6S/c1-23-28-22-42-40(45-35(28)48(25-7-3-4-8-25)38(54)33(23)24(2)50)43-31-13-11-26(21-41-31)47-18-16-46(17-19-47)15-6-20-56-30-10-5-9-27-34(30)39(55)49(37(27)53)29-12-14-32(51)44-36(29)52/h5,9-11,13,21-22,25,29H,3-4,6-8,12,14-20H2,1-2H3,(H,44,51,52)(H,41,42,43,45). The number of hydrogen-bond acceptors (Lipinski definition) is 13. The Morgan fingerprint density at radius 1 is 0.946 bits per heavy atom. The summed E-state index contributed by atoms with van der Waals surface area (Å²) >= 11 is 1.54. The highest BCUT2D eigenvalue weighted by Gasteiger charge is 2.45. The number of Topliss-reactive ketones (excluding diaryl/α,β-unsaturated/α-hetero) is 1. The van der Waals surface area contributed by atoms with Crippen LogP contribution in [0.15, 0.2) is 52.4 Å². The topological polar surface area (TPSA) is 180 Å². The molecule has 1 unspecified atom stereocenters. The monoisotopic (exact) mass is 777 g/mol. The van der Waals surface area contributed by atoms with Crippen molar-refractivity contribution in [1.82, 2.24) is 34.6 Å². The van der Waals surface area contributed by atoms with E-state index in [0.717, 1.165) is 86.1 Å². The number of nitrogens with zero attached hydrogens (tertiary/aromatic N) is 7. The molecule has 6 heterocycles. The third kappa shape index (κ3) is 7.07. The normalized spacial score (nSPS) is 19.2. The van der Waals surface area contributed by atoms with E-state index >= 15 is 0 Å². The molecule has 4 aliphatic rings. The van der Waals surface area contributed by atoms with Crippen LogP contribution in [0.3, 0.4) is 0 Å². The second-order valence-corrected chi connectivity index (χ2v) is 15.9. The number of carbonyl (C=O) groups is 5. The van der Waals surface area contributed by atoms with Crippen molar-refractivity contribution in [1.29, 1.82) is 0 Å². The van der Waals surface area contributed by atoms with E-state index in [1.807, 2.05) is 24.4 Å². The van der Waals surface area contributed by atoms with E-state index in [-0.39, 0.29) is 35.8 Å². The van der Waals surface area contributed by atoms with Crippen LogP contribution in [0.2, 0.25) is 0 Å². The van der Waals surface area contributed by atoms with Crippen LogP contribution in [-0.2, 0) is 9.59 Å². The molecule has 16 heteroatoms. The highest BCUT2D eigenvalue weighted by atomic mass is 32.2. The minimum absolute atomic E-state index is 0.00000248. The smallest absolute Gasteiger partial charge is 0.263 e. The number of nitrogens with one attached hydrogen (secondary N) is 2. The summed E-state index contributed by atoms with van der Waals surface area (Å²) in [6.45, 7) is 7.56. The lowest BCUT2D eigenvalue weighted by molar-refractivity contribution is -0.136. The number of benzene rings is 1. The molecule has 0 bridgehead atoms. The third-order valence-electron chi connectivity index (χ3n) is 11.3. The van der Waals surface area contributed by atoms with Gasteiger partial charge in [0.1, 0.15) is 17.5 Å². The molecule has 2 saturated heterocycles. The molecule has 56 heavy (non-hydrogen) atoms. The van der Waals surface area contributed by atoms with E-state index in [1.54, 1.807) is 29.8 Å². The molecule has 290 valence electrons. The number of pyridine rings is 2. The third-order valence-corrected chi connectivity index (χ3v) is 12.4. The van der Waals surface area contributed by atoms with Crippen LogP contribution in [0, 0.1) is 6.92 Å². The lowest BCUT2D eigenvalue weighted by atomic mass is 10.0. The van der Waals surface area contributed by atoms with Crippen molar-refractivity contribution in [3.63, 3.8) is 0 Å². The number of thioether (sulfide) groups is 1. The highest BCUT2D eigenvalue weighted by molar-refractivity contribution is 7.99. The Bertz CT molecular complexity index is 2320. The Labute approximate surface area is 327 Å². The minimum atomic E-state index is -0.981. The van der Waals surface area contributed by atoms with Gasteiger partial charge in [-0.1, -0.05) is 18.9 Å². The number of piperazine rings is 1. The maximum Gasteiger partial charge on any atom is 0.263 e. The molecule has 15 nitrogen and oxygen atoms in total. The number of fused-ring (bicyclic) bond motifs is 2. The molecule has 3 aliphatic heterocycles. The molecule has 1 atom stereocenters. The lowest BCUT2D eigenvalue weighted by Gasteiger charge is -2.36. The number of rotatable bonds is 11. The number of hydrogen-bond donors (Lipinski definition) is 2. The van der Waals surface area contributed by atoms with Gasteiger partial charge in [-0.05, 0) is 81.7 Å². The summed E-state index contributed by atoms with van der Waals surface area (Å²) in [5.74, 6) is -0.570. The van der Waals surface area contributed by atoms with Crippen molar-refractivity contribution >= 4 is 69.7 Å². The van der Waals surface area contributed by atoms with Crippen molar-refractivity contribution in [3.8, 4) is 0 Å². The average Bonchev–Trinajstić information content (AvgIpc) is 3.80. The number of aromatic nitrogens is 4. The summed E-state index contributed by atoms with van der Waals surface area (Å²) in [6, 6.07) is 8.15. The van der Waals surface area contributed by atoms with Crippen LogP contribution in [-0.4, -0.2) is 103 Å². The van der Waals surface area contributed by atoms with Crippen molar-refractivity contribution in [2.45, 2.75) is 75.8 Å². The summed E-state index contributed by atoms with van der Waals surface area (Å²) in [5, 5.41) is 6.13. The Morgan fingerprint density at radius 3 is 2.45 bits per heavy atom. The predicted octanol–water partition coefficient (Wildman–Crippen LogP) is 4.26. The maximum atomic E-state index is 13.6. The molecule has 1 aliphatic carbocycles. The van der Waals surface area contributed by atoms with E-state index in [2.05, 4.69) is 30.4 Å². The second-order valence-electron chi connectivity index (χ2n) is 14.8. The zero-order valence-corrected chi connectivity index (χ0v) is 32.2. The summed E-state index contributed by atoms with van der Waals surface area (Å²) in [4.78, 5) is 97.0. The summed E-state index contributed by atoms with van der Waals surface area (Å²) < 4.78 is 1.70. The molecule has 4 aromatic rings. The van der Waals surface area contributed by atoms with Crippen molar-refractivity contribution in [2.75, 3.05) is 48.7 Å². The van der Waals surface area contributed by atoms with Crippen LogP contribution in [0.1, 0.15) is 94.5 Å². The Balaban J connectivity index is 0.843. The van der Waals surface area contributed by atoms with E-state index in [9.17, 15) is 28.8 Å². The molecule has 8 rings (SSSR count). The first-order valence-electron chi connectivity index (χ1n) is 19.2. The minimum Gasteiger partial charge on any atom is -0.368 e. The molecule has 3 fully saturated rings. The Hall–Kier alpha value is -5.48. The van der Waals surface area contributed by atoms with E-state index < -0.39 is 29.7 Å². The fourth-order valence-corrected chi connectivity index (χ4v) is 9.38. The lowest BCUT2D eigenvalue weighted by Crippen LogP contribution is -2.54. The number of carbonyl (C=O) groups excluding carboxylic acids is 5. The van der Waals surface area contributed by atoms with E-state index in [4.69, 9.17) is 4.98 Å². The van der Waals surface area contributed by atoms with E-state index in [0.29, 0.717) is 39.5 Å². The largest absolute Gasteiger partial charge is 0.368 e. The zero-order chi connectivity index (χ0) is 39.1. The van der Waals surface area contributed by atoms with Gasteiger partial charge in [-0.2, -0.15) is 4.98 Å². The summed E-state index contributed by atoms with van der Waals surface area (Å²) in [6.07, 6.45) is 8.43. The fraction of sp³-hybridized carbons (Fsp3) is 0.425. The van der Waals surface area contributed by atoms with E-state index in [1.165, 1.54) is 18.7 Å². The van der Waals surface area contributed by atoms with Gasteiger partial charge in [0, 0.05) is 55.1 Å². The van der Waals surface area contributed by atoms with Gasteiger partial charge in [0.05, 0.1) is 28.6 Å². The number of piperidine rings is 1. The Kier molecular flexibility index (Phi) is 10.4. The van der Waals surface area contributed by atoms with Gasteiger partial charge in [0.2, 0.25) is 17.8 Å². The number of imide groups is 2. The zero-order valence-electron chi connectivity index (χ0n) is 31.4. The van der Waals surface area contributed by atoms with Crippen LogP contribution >= 0.6 is 11.8 Å². The first-order chi connectivity index (χ1) is 27.1. The van der Waals surface area contributed by atoms with Gasteiger partial charge in [-0.25, -0.2) is 9.97 Å². The predicted molar refractivity (Wildman–Crippen MR) is 211 cm³/mol. The first-order valence-corrected chi connectivity index (χ1v) is 20.2. The molecule has 0 spiro atoms. The van der Waals surface area contributed by atoms with Crippen molar-refractivity contribution in [3.05, 3.63) is 75.3 Å². The SMILES string of the molecule is CC(=O)c1c(C)c2cnc(Nc3ccc(N4CCN(CCCSc5cccc6c5C(=O)N(C5CCC(=O)NC5=O)C6=O)CC4)cn3)nc2n(C2CCCC2)c1=O. The average molecular weight is 778 g/mol. The summed E-state index contributed by atoms with van der Waals surface area (Å²) in [7, 11) is 0. The van der Waals surface area contributed by atoms with Crippen molar-refractivity contribution in [2.24, 2.45) is 0 Å². The van der Waals surface area contributed by atoms with Gasteiger partial charge >= 0.3 is 0 Å². The fourth-order valence-electron chi connectivity index (χ4n) is 8.37.